The van der Waals surface area contributed by atoms with E-state index in [9.17, 15) is 13.2 Å². The molecule has 0 amide bonds. The molecule has 0 radical (unpaired) electrons. The maximum Gasteiger partial charge on any atom is 0.417 e. The third kappa shape index (κ3) is 2.18. The molecule has 16 heavy (non-hydrogen) atoms. The Morgan fingerprint density at radius 1 is 1.38 bits per heavy atom. The Hall–Kier alpha value is -0.740. The summed E-state index contributed by atoms with van der Waals surface area (Å²) in [6, 6.07) is 3.95. The quantitative estimate of drug-likeness (QED) is 0.852. The molecule has 0 spiro atoms. The van der Waals surface area contributed by atoms with Gasteiger partial charge in [-0.1, -0.05) is 17.7 Å². The number of aliphatic hydroxyl groups excluding tert-OH is 1. The van der Waals surface area contributed by atoms with E-state index in [1.165, 1.54) is 6.07 Å². The van der Waals surface area contributed by atoms with E-state index in [0.717, 1.165) is 12.5 Å². The van der Waals surface area contributed by atoms with Crippen molar-refractivity contribution in [2.45, 2.75) is 18.5 Å². The highest BCUT2D eigenvalue weighted by atomic mass is 35.5. The molecule has 1 saturated carbocycles. The molecule has 2 atom stereocenters. The highest BCUT2D eigenvalue weighted by Crippen LogP contribution is 2.48. The first kappa shape index (κ1) is 11.7. The predicted octanol–water partition coefficient (Wildman–Crippen LogP) is 3.45. The van der Waals surface area contributed by atoms with Crippen LogP contribution in [0.2, 0.25) is 5.02 Å². The van der Waals surface area contributed by atoms with E-state index in [-0.39, 0.29) is 23.5 Å². The van der Waals surface area contributed by atoms with Crippen LogP contribution in [0.25, 0.3) is 0 Å². The number of benzene rings is 1. The number of hydrogen-bond donors (Lipinski definition) is 1. The van der Waals surface area contributed by atoms with Gasteiger partial charge in [0.25, 0.3) is 0 Å². The second-order valence-electron chi connectivity index (χ2n) is 4.02. The highest BCUT2D eigenvalue weighted by Gasteiger charge is 2.40. The van der Waals surface area contributed by atoms with Crippen molar-refractivity contribution in [1.29, 1.82) is 0 Å². The van der Waals surface area contributed by atoms with Gasteiger partial charge in [0.1, 0.15) is 0 Å². The lowest BCUT2D eigenvalue weighted by Gasteiger charge is -2.10. The van der Waals surface area contributed by atoms with Gasteiger partial charge in [-0.25, -0.2) is 0 Å². The second kappa shape index (κ2) is 3.93. The molecule has 0 aromatic heterocycles. The lowest BCUT2D eigenvalue weighted by atomic mass is 10.1. The largest absolute Gasteiger partial charge is 0.417 e. The van der Waals surface area contributed by atoms with Gasteiger partial charge in [-0.05, 0) is 36.0 Å². The third-order valence-electron chi connectivity index (χ3n) is 2.88. The van der Waals surface area contributed by atoms with Crippen molar-refractivity contribution in [3.05, 3.63) is 34.3 Å². The van der Waals surface area contributed by atoms with Gasteiger partial charge in [-0.3, -0.25) is 0 Å². The molecule has 0 bridgehead atoms. The summed E-state index contributed by atoms with van der Waals surface area (Å²) in [5.41, 5.74) is -0.189. The summed E-state index contributed by atoms with van der Waals surface area (Å²) in [4.78, 5) is 0. The number of hydrogen-bond acceptors (Lipinski definition) is 1. The molecule has 1 aliphatic carbocycles. The molecule has 0 heterocycles. The summed E-state index contributed by atoms with van der Waals surface area (Å²) in [6.07, 6.45) is -3.67. The smallest absolute Gasteiger partial charge is 0.396 e. The summed E-state index contributed by atoms with van der Waals surface area (Å²) < 4.78 is 37.7. The zero-order valence-corrected chi connectivity index (χ0v) is 9.02. The maximum atomic E-state index is 12.6. The zero-order valence-electron chi connectivity index (χ0n) is 8.26. The lowest BCUT2D eigenvalue weighted by molar-refractivity contribution is -0.137. The van der Waals surface area contributed by atoms with E-state index >= 15 is 0 Å². The SMILES string of the molecule is OC[C@H]1C[C@@H]1c1ccc(Cl)c(C(F)(F)F)c1. The van der Waals surface area contributed by atoms with E-state index in [4.69, 9.17) is 16.7 Å². The Labute approximate surface area is 95.8 Å². The first-order valence-electron chi connectivity index (χ1n) is 4.91. The van der Waals surface area contributed by atoms with Crippen LogP contribution in [0, 0.1) is 5.92 Å². The van der Waals surface area contributed by atoms with Crippen LogP contribution in [-0.4, -0.2) is 11.7 Å². The van der Waals surface area contributed by atoms with E-state index < -0.39 is 11.7 Å². The average molecular weight is 251 g/mol. The molecule has 0 unspecified atom stereocenters. The van der Waals surface area contributed by atoms with Gasteiger partial charge in [0, 0.05) is 6.61 Å². The van der Waals surface area contributed by atoms with Crippen LogP contribution in [0.1, 0.15) is 23.5 Å². The van der Waals surface area contributed by atoms with Crippen LogP contribution >= 0.6 is 11.6 Å². The van der Waals surface area contributed by atoms with Crippen LogP contribution in [-0.2, 0) is 6.18 Å². The first-order valence-corrected chi connectivity index (χ1v) is 5.28. The molecule has 0 aliphatic heterocycles. The lowest BCUT2D eigenvalue weighted by Crippen LogP contribution is -2.06. The van der Waals surface area contributed by atoms with E-state index in [1.807, 2.05) is 0 Å². The molecular weight excluding hydrogens is 241 g/mol. The Morgan fingerprint density at radius 3 is 2.56 bits per heavy atom. The van der Waals surface area contributed by atoms with E-state index in [2.05, 4.69) is 0 Å². The molecule has 1 aromatic carbocycles. The molecule has 1 N–H and O–H groups in total. The van der Waals surface area contributed by atoms with Crippen LogP contribution in [0.3, 0.4) is 0 Å². The Kier molecular flexibility index (Phi) is 2.88. The van der Waals surface area contributed by atoms with Gasteiger partial charge in [-0.2, -0.15) is 13.2 Å². The summed E-state index contributed by atoms with van der Waals surface area (Å²) in [6.45, 7) is 0.0225. The second-order valence-corrected chi connectivity index (χ2v) is 4.43. The minimum atomic E-state index is -4.42. The van der Waals surface area contributed by atoms with E-state index in [1.54, 1.807) is 6.07 Å². The first-order chi connectivity index (χ1) is 7.43. The van der Waals surface area contributed by atoms with Gasteiger partial charge in [0.15, 0.2) is 0 Å². The molecule has 2 rings (SSSR count). The Morgan fingerprint density at radius 2 is 2.06 bits per heavy atom. The third-order valence-corrected chi connectivity index (χ3v) is 3.21. The molecule has 0 saturated heterocycles. The Balaban J connectivity index is 2.30. The monoisotopic (exact) mass is 250 g/mol. The van der Waals surface area contributed by atoms with Gasteiger partial charge >= 0.3 is 6.18 Å². The fourth-order valence-electron chi connectivity index (χ4n) is 1.85. The zero-order chi connectivity index (χ0) is 11.9. The fourth-order valence-corrected chi connectivity index (χ4v) is 2.07. The molecule has 1 nitrogen and oxygen atoms in total. The van der Waals surface area contributed by atoms with Crippen molar-refractivity contribution in [1.82, 2.24) is 0 Å². The summed E-state index contributed by atoms with van der Waals surface area (Å²) >= 11 is 5.51. The predicted molar refractivity (Wildman–Crippen MR) is 54.4 cm³/mol. The van der Waals surface area contributed by atoms with Crippen LogP contribution in [0.15, 0.2) is 18.2 Å². The molecule has 1 aromatic rings. The number of alkyl halides is 3. The van der Waals surface area contributed by atoms with Crippen molar-refractivity contribution in [3.63, 3.8) is 0 Å². The van der Waals surface area contributed by atoms with Crippen molar-refractivity contribution in [3.8, 4) is 0 Å². The van der Waals surface area contributed by atoms with Crippen LogP contribution < -0.4 is 0 Å². The summed E-state index contributed by atoms with van der Waals surface area (Å²) in [5, 5.41) is 8.59. The number of halogens is 4. The van der Waals surface area contributed by atoms with Gasteiger partial charge in [0.05, 0.1) is 10.6 Å². The summed E-state index contributed by atoms with van der Waals surface area (Å²) in [7, 11) is 0. The standard InChI is InChI=1S/C11H10ClF3O/c12-10-2-1-6(8-3-7(8)5-16)4-9(10)11(13,14)15/h1-2,4,7-8,16H,3,5H2/t7-,8-/m1/s1. The fraction of sp³-hybridized carbons (Fsp3) is 0.455. The van der Waals surface area contributed by atoms with Gasteiger partial charge in [-0.15, -0.1) is 0 Å². The van der Waals surface area contributed by atoms with Crippen molar-refractivity contribution in [2.75, 3.05) is 6.61 Å². The number of rotatable bonds is 2. The molecule has 88 valence electrons. The molecular formula is C11H10ClF3O. The normalized spacial score (nSPS) is 24.6. The molecule has 1 fully saturated rings. The molecule has 1 aliphatic rings. The highest BCUT2D eigenvalue weighted by molar-refractivity contribution is 6.31. The van der Waals surface area contributed by atoms with E-state index in [0.29, 0.717) is 5.56 Å². The minimum Gasteiger partial charge on any atom is -0.396 e. The van der Waals surface area contributed by atoms with Gasteiger partial charge in [0.2, 0.25) is 0 Å². The molecule has 5 heteroatoms. The van der Waals surface area contributed by atoms with Crippen molar-refractivity contribution >= 4 is 11.6 Å². The van der Waals surface area contributed by atoms with Gasteiger partial charge < -0.3 is 5.11 Å². The van der Waals surface area contributed by atoms with Crippen LogP contribution in [0.4, 0.5) is 13.2 Å². The average Bonchev–Trinajstić information content (AvgIpc) is 2.96. The maximum absolute atomic E-state index is 12.6. The van der Waals surface area contributed by atoms with Crippen molar-refractivity contribution in [2.24, 2.45) is 5.92 Å². The topological polar surface area (TPSA) is 20.2 Å². The van der Waals surface area contributed by atoms with Crippen molar-refractivity contribution < 1.29 is 18.3 Å². The Bertz CT molecular complexity index is 403. The summed E-state index contributed by atoms with van der Waals surface area (Å²) in [5.74, 6) is 0.144. The number of aliphatic hydroxyl groups is 1. The van der Waals surface area contributed by atoms with Crippen LogP contribution in [0.5, 0.6) is 0 Å². The minimum absolute atomic E-state index is 0.0225.